The Morgan fingerprint density at radius 1 is 1.37 bits per heavy atom. The molecule has 0 unspecified atom stereocenters. The Kier molecular flexibility index (Phi) is 5.96. The Hall–Kier alpha value is -0.920. The lowest BCUT2D eigenvalue weighted by Gasteiger charge is -2.12. The van der Waals surface area contributed by atoms with Gasteiger partial charge in [-0.25, -0.2) is 13.6 Å². The second-order valence-electron chi connectivity index (χ2n) is 4.43. The van der Waals surface area contributed by atoms with Crippen molar-refractivity contribution in [2.45, 2.75) is 37.3 Å². The molecule has 0 saturated heterocycles. The number of hydrogen-bond donors (Lipinski definition) is 2. The smallest absolute Gasteiger partial charge is 0.247 e. The van der Waals surface area contributed by atoms with Crippen molar-refractivity contribution in [2.75, 3.05) is 6.54 Å². The number of carbonyl (C=O) groups excluding carboxylic acids is 1. The molecule has 0 radical (unpaired) electrons. The molecule has 1 amide bonds. The lowest BCUT2D eigenvalue weighted by Crippen LogP contribution is -2.29. The third kappa shape index (κ3) is 5.30. The molecule has 0 aliphatic heterocycles. The van der Waals surface area contributed by atoms with E-state index in [1.54, 1.807) is 6.07 Å². The van der Waals surface area contributed by atoms with Crippen molar-refractivity contribution in [1.82, 2.24) is 5.32 Å². The van der Waals surface area contributed by atoms with Crippen LogP contribution >= 0.6 is 11.3 Å². The van der Waals surface area contributed by atoms with Gasteiger partial charge in [0.1, 0.15) is 4.21 Å². The fourth-order valence-corrected chi connectivity index (χ4v) is 3.44. The molecule has 0 saturated carbocycles. The van der Waals surface area contributed by atoms with Crippen LogP contribution in [0.25, 0.3) is 0 Å². The highest BCUT2D eigenvalue weighted by atomic mass is 32.2. The summed E-state index contributed by atoms with van der Waals surface area (Å²) in [6, 6.07) is 3.06. The van der Waals surface area contributed by atoms with Crippen LogP contribution in [-0.4, -0.2) is 20.9 Å². The first-order valence-corrected chi connectivity index (χ1v) is 8.61. The molecule has 0 aliphatic carbocycles. The number of sulfonamides is 1. The molecule has 1 rings (SSSR count). The summed E-state index contributed by atoms with van der Waals surface area (Å²) in [6.07, 6.45) is 2.26. The van der Waals surface area contributed by atoms with Gasteiger partial charge in [0.25, 0.3) is 0 Å². The zero-order valence-corrected chi connectivity index (χ0v) is 12.8. The summed E-state index contributed by atoms with van der Waals surface area (Å²) < 4.78 is 22.3. The highest BCUT2D eigenvalue weighted by molar-refractivity contribution is 7.91. The van der Waals surface area contributed by atoms with Gasteiger partial charge in [0.15, 0.2) is 0 Å². The van der Waals surface area contributed by atoms with Crippen LogP contribution in [0.4, 0.5) is 0 Å². The Bertz CT molecular complexity index is 519. The number of amides is 1. The van der Waals surface area contributed by atoms with Crippen LogP contribution in [0.2, 0.25) is 0 Å². The largest absolute Gasteiger partial charge is 0.356 e. The molecule has 0 fully saturated rings. The monoisotopic (exact) mass is 304 g/mol. The van der Waals surface area contributed by atoms with E-state index < -0.39 is 10.0 Å². The summed E-state index contributed by atoms with van der Waals surface area (Å²) in [5, 5.41) is 7.89. The van der Waals surface area contributed by atoms with Gasteiger partial charge in [-0.1, -0.05) is 26.7 Å². The number of nitrogens with two attached hydrogens (primary N) is 1. The van der Waals surface area contributed by atoms with Gasteiger partial charge in [0.05, 0.1) is 6.42 Å². The zero-order chi connectivity index (χ0) is 14.5. The Morgan fingerprint density at radius 2 is 2.00 bits per heavy atom. The van der Waals surface area contributed by atoms with Gasteiger partial charge >= 0.3 is 0 Å². The third-order valence-electron chi connectivity index (χ3n) is 2.99. The first kappa shape index (κ1) is 16.1. The summed E-state index contributed by atoms with van der Waals surface area (Å²) in [4.78, 5) is 12.4. The first-order chi connectivity index (χ1) is 8.86. The van der Waals surface area contributed by atoms with Crippen molar-refractivity contribution in [3.8, 4) is 0 Å². The van der Waals surface area contributed by atoms with Gasteiger partial charge in [0.2, 0.25) is 15.9 Å². The molecule has 1 aromatic rings. The molecule has 1 aromatic heterocycles. The number of nitrogens with one attached hydrogen (secondary N) is 1. The quantitative estimate of drug-likeness (QED) is 0.799. The van der Waals surface area contributed by atoms with E-state index in [1.807, 2.05) is 0 Å². The molecule has 5 nitrogen and oxygen atoms in total. The molecule has 7 heteroatoms. The molecule has 0 aromatic carbocycles. The Balaban J connectivity index is 2.51. The molecule has 108 valence electrons. The minimum Gasteiger partial charge on any atom is -0.356 e. The maximum Gasteiger partial charge on any atom is 0.247 e. The van der Waals surface area contributed by atoms with Crippen LogP contribution in [0.1, 0.15) is 31.6 Å². The molecular weight excluding hydrogens is 284 g/mol. The highest BCUT2D eigenvalue weighted by Crippen LogP contribution is 2.20. The lowest BCUT2D eigenvalue weighted by molar-refractivity contribution is -0.120. The number of rotatable bonds is 7. The van der Waals surface area contributed by atoms with Crippen LogP contribution in [0, 0.1) is 5.92 Å². The van der Waals surface area contributed by atoms with E-state index in [4.69, 9.17) is 5.14 Å². The minimum atomic E-state index is -3.66. The van der Waals surface area contributed by atoms with E-state index >= 15 is 0 Å². The number of carbonyl (C=O) groups is 1. The molecule has 3 N–H and O–H groups in total. The van der Waals surface area contributed by atoms with Crippen molar-refractivity contribution in [3.05, 3.63) is 17.0 Å². The van der Waals surface area contributed by atoms with Crippen LogP contribution < -0.4 is 10.5 Å². The molecule has 0 spiro atoms. The zero-order valence-electron chi connectivity index (χ0n) is 11.2. The van der Waals surface area contributed by atoms with E-state index in [0.717, 1.165) is 24.2 Å². The second-order valence-corrected chi connectivity index (χ2v) is 7.39. The van der Waals surface area contributed by atoms with Crippen molar-refractivity contribution in [3.63, 3.8) is 0 Å². The van der Waals surface area contributed by atoms with Crippen molar-refractivity contribution < 1.29 is 13.2 Å². The van der Waals surface area contributed by atoms with Crippen molar-refractivity contribution in [1.29, 1.82) is 0 Å². The van der Waals surface area contributed by atoms with E-state index in [0.29, 0.717) is 17.3 Å². The Labute approximate surface area is 118 Å². The number of thiophene rings is 1. The lowest BCUT2D eigenvalue weighted by atomic mass is 10.0. The highest BCUT2D eigenvalue weighted by Gasteiger charge is 2.13. The van der Waals surface area contributed by atoms with Crippen molar-refractivity contribution in [2.24, 2.45) is 11.1 Å². The van der Waals surface area contributed by atoms with Gasteiger partial charge in [-0.2, -0.15) is 0 Å². The number of primary sulfonamides is 1. The third-order valence-corrected chi connectivity index (χ3v) is 5.52. The van der Waals surface area contributed by atoms with Crippen LogP contribution in [0.3, 0.4) is 0 Å². The minimum absolute atomic E-state index is 0.0882. The van der Waals surface area contributed by atoms with Gasteiger partial charge in [-0.05, 0) is 18.1 Å². The second kappa shape index (κ2) is 7.02. The molecule has 0 bridgehead atoms. The van der Waals surface area contributed by atoms with Crippen LogP contribution in [0.15, 0.2) is 16.3 Å². The Morgan fingerprint density at radius 3 is 2.47 bits per heavy atom. The van der Waals surface area contributed by atoms with Crippen molar-refractivity contribution >= 4 is 27.3 Å². The maximum atomic E-state index is 11.7. The summed E-state index contributed by atoms with van der Waals surface area (Å²) >= 11 is 1.04. The normalized spacial score (nSPS) is 11.8. The summed E-state index contributed by atoms with van der Waals surface area (Å²) in [5.41, 5.74) is 0. The average Bonchev–Trinajstić information content (AvgIpc) is 2.78. The fourth-order valence-electron chi connectivity index (χ4n) is 1.66. The van der Waals surface area contributed by atoms with Crippen LogP contribution in [0.5, 0.6) is 0 Å². The summed E-state index contributed by atoms with van der Waals surface area (Å²) in [6.45, 7) is 4.86. The van der Waals surface area contributed by atoms with Crippen LogP contribution in [-0.2, 0) is 21.2 Å². The SMILES string of the molecule is CCC(CC)CNC(=O)Cc1ccc(S(N)(=O)=O)s1. The van der Waals surface area contributed by atoms with E-state index in [2.05, 4.69) is 19.2 Å². The molecule has 19 heavy (non-hydrogen) atoms. The first-order valence-electron chi connectivity index (χ1n) is 6.25. The molecule has 0 aliphatic rings. The average molecular weight is 304 g/mol. The maximum absolute atomic E-state index is 11.7. The van der Waals surface area contributed by atoms with E-state index in [9.17, 15) is 13.2 Å². The van der Waals surface area contributed by atoms with Gasteiger partial charge < -0.3 is 5.32 Å². The molecular formula is C12H20N2O3S2. The van der Waals surface area contributed by atoms with Gasteiger partial charge in [-0.15, -0.1) is 11.3 Å². The predicted molar refractivity (Wildman–Crippen MR) is 76.5 cm³/mol. The van der Waals surface area contributed by atoms with E-state index in [-0.39, 0.29) is 16.5 Å². The summed E-state index contributed by atoms with van der Waals surface area (Å²) in [5.74, 6) is 0.405. The standard InChI is InChI=1S/C12H20N2O3S2/c1-3-9(4-2)8-14-11(15)7-10-5-6-12(18-10)19(13,16)17/h5-6,9H,3-4,7-8H2,1-2H3,(H,14,15)(H2,13,16,17). The predicted octanol–water partition coefficient (Wildman–Crippen LogP) is 1.49. The van der Waals surface area contributed by atoms with Gasteiger partial charge in [-0.3, -0.25) is 4.79 Å². The fraction of sp³-hybridized carbons (Fsp3) is 0.583. The van der Waals surface area contributed by atoms with Gasteiger partial charge in [0, 0.05) is 11.4 Å². The number of hydrogen-bond acceptors (Lipinski definition) is 4. The van der Waals surface area contributed by atoms with E-state index in [1.165, 1.54) is 6.07 Å². The molecule has 0 atom stereocenters. The topological polar surface area (TPSA) is 89.3 Å². The molecule has 1 heterocycles. The summed E-state index contributed by atoms with van der Waals surface area (Å²) in [7, 11) is -3.66.